The van der Waals surface area contributed by atoms with Crippen molar-refractivity contribution >= 4 is 11.9 Å². The average molecular weight is 427 g/mol. The number of carbonyl (C=O) groups excluding carboxylic acids is 2. The Morgan fingerprint density at radius 2 is 1.58 bits per heavy atom. The summed E-state index contributed by atoms with van der Waals surface area (Å²) in [5.41, 5.74) is 1.65. The number of hydrogen-bond donors (Lipinski definition) is 0. The molecule has 0 aromatic heterocycles. The van der Waals surface area contributed by atoms with E-state index < -0.39 is 11.6 Å². The molecule has 0 aliphatic carbocycles. The van der Waals surface area contributed by atoms with E-state index >= 15 is 0 Å². The summed E-state index contributed by atoms with van der Waals surface area (Å²) in [4.78, 5) is 26.9. The van der Waals surface area contributed by atoms with Crippen LogP contribution in [-0.2, 0) is 20.7 Å². The van der Waals surface area contributed by atoms with Crippen molar-refractivity contribution in [3.8, 4) is 17.2 Å². The zero-order valence-electron chi connectivity index (χ0n) is 18.9. The maximum Gasteiger partial charge on any atom is 0.303 e. The molecule has 1 heterocycles. The van der Waals surface area contributed by atoms with Crippen LogP contribution in [0.4, 0.5) is 0 Å². The van der Waals surface area contributed by atoms with Crippen molar-refractivity contribution in [1.29, 1.82) is 0 Å². The molecule has 166 valence electrons. The monoisotopic (exact) mass is 427 g/mol. The third-order valence-electron chi connectivity index (χ3n) is 5.48. The zero-order chi connectivity index (χ0) is 22.8. The molecule has 3 rings (SSSR count). The topological polar surface area (TPSA) is 74.3 Å². The Balaban J connectivity index is 2.13. The van der Waals surface area contributed by atoms with Crippen molar-refractivity contribution in [3.63, 3.8) is 0 Å². The van der Waals surface area contributed by atoms with Crippen LogP contribution in [0.3, 0.4) is 0 Å². The molecule has 2 aromatic rings. The number of fused-ring (bicyclic) bond motifs is 1. The van der Waals surface area contributed by atoms with E-state index in [0.717, 1.165) is 22.4 Å². The van der Waals surface area contributed by atoms with Crippen LogP contribution in [0.2, 0.25) is 0 Å². The van der Waals surface area contributed by atoms with Gasteiger partial charge in [-0.3, -0.25) is 9.59 Å². The first-order valence-corrected chi connectivity index (χ1v) is 10.1. The molecule has 0 saturated carbocycles. The maximum atomic E-state index is 13.5. The smallest absolute Gasteiger partial charge is 0.303 e. The lowest BCUT2D eigenvalue weighted by Crippen LogP contribution is -2.51. The van der Waals surface area contributed by atoms with Gasteiger partial charge < -0.3 is 23.8 Å². The highest BCUT2D eigenvalue weighted by Crippen LogP contribution is 2.42. The molecule has 1 atom stereocenters. The molecule has 7 nitrogen and oxygen atoms in total. The van der Waals surface area contributed by atoms with E-state index in [0.29, 0.717) is 24.5 Å². The molecule has 0 spiro atoms. The summed E-state index contributed by atoms with van der Waals surface area (Å²) in [5, 5.41) is 0. The average Bonchev–Trinajstić information content (AvgIpc) is 2.75. The first-order valence-electron chi connectivity index (χ1n) is 10.1. The maximum absolute atomic E-state index is 13.5. The van der Waals surface area contributed by atoms with Crippen LogP contribution in [0, 0.1) is 0 Å². The summed E-state index contributed by atoms with van der Waals surface area (Å²) >= 11 is 0. The Labute approximate surface area is 182 Å². The normalized spacial score (nSPS) is 15.7. The fraction of sp³-hybridized carbons (Fsp3) is 0.417. The largest absolute Gasteiger partial charge is 0.497 e. The Hall–Kier alpha value is -3.22. The molecular formula is C24H29NO6. The molecule has 0 fully saturated rings. The van der Waals surface area contributed by atoms with E-state index in [9.17, 15) is 9.59 Å². The van der Waals surface area contributed by atoms with E-state index in [1.165, 1.54) is 6.92 Å². The van der Waals surface area contributed by atoms with Gasteiger partial charge in [-0.25, -0.2) is 0 Å². The third kappa shape index (κ3) is 4.45. The molecule has 1 amide bonds. The van der Waals surface area contributed by atoms with Gasteiger partial charge in [0.1, 0.15) is 5.75 Å². The van der Waals surface area contributed by atoms with Crippen molar-refractivity contribution in [1.82, 2.24) is 4.90 Å². The van der Waals surface area contributed by atoms with E-state index in [4.69, 9.17) is 18.9 Å². The Morgan fingerprint density at radius 1 is 0.968 bits per heavy atom. The molecule has 0 radical (unpaired) electrons. The summed E-state index contributed by atoms with van der Waals surface area (Å²) in [6.07, 6.45) is 0.643. The summed E-state index contributed by atoms with van der Waals surface area (Å²) in [7, 11) is 4.80. The second-order valence-electron chi connectivity index (χ2n) is 7.93. The summed E-state index contributed by atoms with van der Waals surface area (Å²) in [6, 6.07) is 11.1. The Kier molecular flexibility index (Phi) is 6.43. The van der Waals surface area contributed by atoms with Gasteiger partial charge in [0.2, 0.25) is 0 Å². The minimum Gasteiger partial charge on any atom is -0.497 e. The van der Waals surface area contributed by atoms with Gasteiger partial charge in [0.25, 0.3) is 5.91 Å². The van der Waals surface area contributed by atoms with Gasteiger partial charge in [0.05, 0.1) is 27.4 Å². The fourth-order valence-electron chi connectivity index (χ4n) is 4.06. The van der Waals surface area contributed by atoms with Crippen LogP contribution in [0.25, 0.3) is 0 Å². The molecule has 2 aromatic carbocycles. The van der Waals surface area contributed by atoms with Gasteiger partial charge in [0.15, 0.2) is 17.1 Å². The first kappa shape index (κ1) is 22.5. The quantitative estimate of drug-likeness (QED) is 0.657. The summed E-state index contributed by atoms with van der Waals surface area (Å²) in [6.45, 7) is 5.01. The van der Waals surface area contributed by atoms with Crippen molar-refractivity contribution in [2.24, 2.45) is 0 Å². The number of ether oxygens (including phenoxy) is 4. The Morgan fingerprint density at radius 3 is 2.13 bits per heavy atom. The predicted molar refractivity (Wildman–Crippen MR) is 116 cm³/mol. The molecule has 1 aliphatic rings. The molecule has 7 heteroatoms. The van der Waals surface area contributed by atoms with Crippen molar-refractivity contribution in [3.05, 3.63) is 53.1 Å². The van der Waals surface area contributed by atoms with E-state index in [1.807, 2.05) is 36.4 Å². The van der Waals surface area contributed by atoms with E-state index in [1.54, 1.807) is 40.1 Å². The highest BCUT2D eigenvalue weighted by atomic mass is 16.6. The zero-order valence-corrected chi connectivity index (χ0v) is 18.9. The number of rotatable bonds is 6. The highest BCUT2D eigenvalue weighted by Gasteiger charge is 2.41. The van der Waals surface area contributed by atoms with Crippen LogP contribution in [-0.4, -0.2) is 50.3 Å². The Bertz CT molecular complexity index is 967. The number of esters is 1. The standard InChI is InChI=1S/C24H29NO6/c1-15(26)31-24(2,3)23(27)25-12-11-17-13-20(29-5)21(30-6)14-19(17)22(25)16-7-9-18(28-4)10-8-16/h7-10,13-14,22H,11-12H2,1-6H3/t22-/m1/s1. The lowest BCUT2D eigenvalue weighted by Gasteiger charge is -2.41. The number of amides is 1. The molecule has 0 unspecified atom stereocenters. The SMILES string of the molecule is COc1ccc([C@@H]2c3cc(OC)c(OC)cc3CCN2C(=O)C(C)(C)OC(C)=O)cc1. The van der Waals surface area contributed by atoms with Crippen molar-refractivity contribution < 1.29 is 28.5 Å². The van der Waals surface area contributed by atoms with Gasteiger partial charge in [-0.05, 0) is 61.2 Å². The number of nitrogens with zero attached hydrogens (tertiary/aromatic N) is 1. The van der Waals surface area contributed by atoms with Crippen LogP contribution in [0.5, 0.6) is 17.2 Å². The molecule has 0 N–H and O–H groups in total. The first-order chi connectivity index (χ1) is 14.7. The van der Waals surface area contributed by atoms with Gasteiger partial charge in [-0.15, -0.1) is 0 Å². The number of methoxy groups -OCH3 is 3. The van der Waals surface area contributed by atoms with Crippen molar-refractivity contribution in [2.75, 3.05) is 27.9 Å². The summed E-state index contributed by atoms with van der Waals surface area (Å²) < 4.78 is 21.6. The lowest BCUT2D eigenvalue weighted by molar-refractivity contribution is -0.169. The number of hydrogen-bond acceptors (Lipinski definition) is 6. The minimum atomic E-state index is -1.29. The van der Waals surface area contributed by atoms with Gasteiger partial charge in [-0.1, -0.05) is 12.1 Å². The highest BCUT2D eigenvalue weighted by molar-refractivity contribution is 5.88. The van der Waals surface area contributed by atoms with E-state index in [2.05, 4.69) is 0 Å². The lowest BCUT2D eigenvalue weighted by atomic mass is 9.86. The molecule has 0 bridgehead atoms. The molecule has 1 aliphatic heterocycles. The number of benzene rings is 2. The van der Waals surface area contributed by atoms with Gasteiger partial charge in [0, 0.05) is 13.5 Å². The van der Waals surface area contributed by atoms with Crippen molar-refractivity contribution in [2.45, 2.75) is 38.8 Å². The van der Waals surface area contributed by atoms with E-state index in [-0.39, 0.29) is 11.9 Å². The number of carbonyl (C=O) groups is 2. The van der Waals surface area contributed by atoms with Gasteiger partial charge >= 0.3 is 5.97 Å². The van der Waals surface area contributed by atoms with Crippen LogP contribution >= 0.6 is 0 Å². The van der Waals surface area contributed by atoms with Crippen LogP contribution in [0.1, 0.15) is 43.5 Å². The van der Waals surface area contributed by atoms with Crippen LogP contribution < -0.4 is 14.2 Å². The predicted octanol–water partition coefficient (Wildman–Crippen LogP) is 3.53. The third-order valence-corrected chi connectivity index (χ3v) is 5.48. The minimum absolute atomic E-state index is 0.260. The summed E-state index contributed by atoms with van der Waals surface area (Å²) in [5.74, 6) is 1.21. The second-order valence-corrected chi connectivity index (χ2v) is 7.93. The second kappa shape index (κ2) is 8.88. The molecule has 0 saturated heterocycles. The van der Waals surface area contributed by atoms with Crippen LogP contribution in [0.15, 0.2) is 36.4 Å². The molecule has 31 heavy (non-hydrogen) atoms. The fourth-order valence-corrected chi connectivity index (χ4v) is 4.06. The molecular weight excluding hydrogens is 398 g/mol. The van der Waals surface area contributed by atoms with Gasteiger partial charge in [-0.2, -0.15) is 0 Å².